The Bertz CT molecular complexity index is 675. The lowest BCUT2D eigenvalue weighted by molar-refractivity contribution is -0.119. The topological polar surface area (TPSA) is 41.2 Å². The van der Waals surface area contributed by atoms with Crippen molar-refractivity contribution in [1.82, 2.24) is 9.80 Å². The number of rotatable bonds is 3. The summed E-state index contributed by atoms with van der Waals surface area (Å²) in [4.78, 5) is 10.5. The molecule has 4 rings (SSSR count). The van der Waals surface area contributed by atoms with Crippen molar-refractivity contribution in [2.24, 2.45) is 11.1 Å². The molecule has 0 aromatic carbocycles. The number of nitrogens with zero attached hydrogens (tertiary/aromatic N) is 3. The van der Waals surface area contributed by atoms with Gasteiger partial charge in [-0.3, -0.25) is 4.90 Å². The zero-order valence-corrected chi connectivity index (χ0v) is 13.1. The second kappa shape index (κ2) is 4.74. The maximum Gasteiger partial charge on any atom is 0.228 e. The average molecular weight is 299 g/mol. The number of likely N-dealkylation sites (N-methyl/N-ethyl adjacent to an activating group) is 1. The number of furan rings is 1. The number of oxime groups is 1. The zero-order valence-electron chi connectivity index (χ0n) is 13.1. The normalized spacial score (nSPS) is 33.0. The van der Waals surface area contributed by atoms with Crippen LogP contribution in [0.1, 0.15) is 23.5 Å². The van der Waals surface area contributed by atoms with Crippen molar-refractivity contribution in [1.29, 1.82) is 0 Å². The fourth-order valence-electron chi connectivity index (χ4n) is 3.84. The largest absolute Gasteiger partial charge is 0.453 e. The highest BCUT2D eigenvalue weighted by molar-refractivity contribution is 5.97. The molecule has 0 aliphatic carbocycles. The van der Waals surface area contributed by atoms with Gasteiger partial charge < -0.3 is 14.2 Å². The van der Waals surface area contributed by atoms with Crippen LogP contribution in [0.15, 0.2) is 34.4 Å². The van der Waals surface area contributed by atoms with Gasteiger partial charge in [-0.15, -0.1) is 0 Å². The summed E-state index contributed by atoms with van der Waals surface area (Å²) in [6, 6.07) is 2.02. The fraction of sp³-hybridized carbons (Fsp3) is 0.471. The SMILES string of the molecule is C=C/C=C\c1oc(C2=NOC3(CN4CCC3C4)N2C)cc1C. The molecule has 5 heteroatoms. The highest BCUT2D eigenvalue weighted by atomic mass is 16.7. The molecule has 3 aliphatic rings. The minimum Gasteiger partial charge on any atom is -0.453 e. The van der Waals surface area contributed by atoms with E-state index in [9.17, 15) is 0 Å². The summed E-state index contributed by atoms with van der Waals surface area (Å²) in [6.45, 7) is 8.92. The van der Waals surface area contributed by atoms with E-state index >= 15 is 0 Å². The van der Waals surface area contributed by atoms with Gasteiger partial charge in [-0.05, 0) is 37.6 Å². The Morgan fingerprint density at radius 1 is 1.50 bits per heavy atom. The van der Waals surface area contributed by atoms with Crippen LogP contribution in [0.25, 0.3) is 6.08 Å². The molecule has 1 spiro atoms. The Morgan fingerprint density at radius 2 is 2.36 bits per heavy atom. The molecule has 22 heavy (non-hydrogen) atoms. The van der Waals surface area contributed by atoms with Gasteiger partial charge in [0, 0.05) is 19.5 Å². The summed E-state index contributed by atoms with van der Waals surface area (Å²) >= 11 is 0. The van der Waals surface area contributed by atoms with Gasteiger partial charge in [0.25, 0.3) is 0 Å². The van der Waals surface area contributed by atoms with E-state index in [0.29, 0.717) is 5.92 Å². The van der Waals surface area contributed by atoms with Gasteiger partial charge in [0.15, 0.2) is 5.76 Å². The molecule has 4 heterocycles. The Morgan fingerprint density at radius 3 is 3.05 bits per heavy atom. The third kappa shape index (κ3) is 1.78. The van der Waals surface area contributed by atoms with Gasteiger partial charge in [0.1, 0.15) is 5.76 Å². The van der Waals surface area contributed by atoms with Crippen molar-refractivity contribution in [3.63, 3.8) is 0 Å². The second-order valence-electron chi connectivity index (χ2n) is 6.38. The van der Waals surface area contributed by atoms with E-state index in [-0.39, 0.29) is 5.72 Å². The van der Waals surface area contributed by atoms with E-state index in [1.54, 1.807) is 6.08 Å². The third-order valence-electron chi connectivity index (χ3n) is 5.10. The molecule has 3 aliphatic heterocycles. The number of piperidine rings is 1. The molecule has 3 atom stereocenters. The van der Waals surface area contributed by atoms with Crippen molar-refractivity contribution in [3.05, 3.63) is 41.9 Å². The Balaban J connectivity index is 1.62. The van der Waals surface area contributed by atoms with E-state index < -0.39 is 0 Å². The van der Waals surface area contributed by atoms with Crippen LogP contribution in [0, 0.1) is 12.8 Å². The first kappa shape index (κ1) is 13.6. The van der Waals surface area contributed by atoms with E-state index in [2.05, 4.69) is 28.6 Å². The molecular weight excluding hydrogens is 278 g/mol. The van der Waals surface area contributed by atoms with Crippen LogP contribution < -0.4 is 0 Å². The van der Waals surface area contributed by atoms with Crippen LogP contribution in [0.3, 0.4) is 0 Å². The maximum absolute atomic E-state index is 5.95. The summed E-state index contributed by atoms with van der Waals surface area (Å²) in [6.07, 6.45) is 6.71. The molecule has 0 N–H and O–H groups in total. The molecule has 0 saturated carbocycles. The minimum absolute atomic E-state index is 0.300. The van der Waals surface area contributed by atoms with Crippen molar-refractivity contribution in [2.45, 2.75) is 19.1 Å². The van der Waals surface area contributed by atoms with Gasteiger partial charge in [-0.25, -0.2) is 0 Å². The summed E-state index contributed by atoms with van der Waals surface area (Å²) < 4.78 is 5.95. The van der Waals surface area contributed by atoms with Crippen molar-refractivity contribution >= 4 is 11.9 Å². The first-order valence-corrected chi connectivity index (χ1v) is 7.76. The molecule has 0 amide bonds. The van der Waals surface area contributed by atoms with Gasteiger partial charge in [0.2, 0.25) is 11.6 Å². The van der Waals surface area contributed by atoms with Crippen molar-refractivity contribution in [3.8, 4) is 0 Å². The van der Waals surface area contributed by atoms with Gasteiger partial charge in [-0.1, -0.05) is 23.9 Å². The zero-order chi connectivity index (χ0) is 15.3. The monoisotopic (exact) mass is 299 g/mol. The Labute approximate surface area is 130 Å². The fourth-order valence-corrected chi connectivity index (χ4v) is 3.84. The molecular formula is C17H21N3O2. The number of hydrogen-bond acceptors (Lipinski definition) is 5. The summed E-state index contributed by atoms with van der Waals surface area (Å²) in [5, 5.41) is 4.35. The minimum atomic E-state index is -0.300. The quantitative estimate of drug-likeness (QED) is 0.804. The third-order valence-corrected chi connectivity index (χ3v) is 5.10. The Hall–Kier alpha value is -2.01. The first-order chi connectivity index (χ1) is 10.6. The molecule has 5 nitrogen and oxygen atoms in total. The number of amidine groups is 1. The van der Waals surface area contributed by atoms with Crippen LogP contribution in [0.4, 0.5) is 0 Å². The molecule has 2 bridgehead atoms. The molecule has 1 aromatic heterocycles. The summed E-state index contributed by atoms with van der Waals surface area (Å²) in [7, 11) is 2.06. The molecule has 2 fully saturated rings. The number of fused-ring (bicyclic) bond motifs is 3. The summed E-state index contributed by atoms with van der Waals surface area (Å²) in [5.41, 5.74) is 0.785. The lowest BCUT2D eigenvalue weighted by Crippen LogP contribution is -2.54. The van der Waals surface area contributed by atoms with E-state index in [4.69, 9.17) is 9.25 Å². The van der Waals surface area contributed by atoms with Crippen LogP contribution in [0.5, 0.6) is 0 Å². The van der Waals surface area contributed by atoms with Crippen LogP contribution in [-0.2, 0) is 4.84 Å². The van der Waals surface area contributed by atoms with Crippen molar-refractivity contribution in [2.75, 3.05) is 26.7 Å². The molecule has 3 unspecified atom stereocenters. The predicted octanol–water partition coefficient (Wildman–Crippen LogP) is 2.44. The lowest BCUT2D eigenvalue weighted by atomic mass is 9.94. The van der Waals surface area contributed by atoms with Crippen LogP contribution >= 0.6 is 0 Å². The van der Waals surface area contributed by atoms with E-state index in [0.717, 1.165) is 36.0 Å². The van der Waals surface area contributed by atoms with Gasteiger partial charge >= 0.3 is 0 Å². The first-order valence-electron chi connectivity index (χ1n) is 7.76. The molecule has 1 aromatic rings. The Kier molecular flexibility index (Phi) is 2.94. The smallest absolute Gasteiger partial charge is 0.228 e. The van der Waals surface area contributed by atoms with E-state index in [1.807, 2.05) is 25.1 Å². The van der Waals surface area contributed by atoms with Crippen LogP contribution in [0.2, 0.25) is 0 Å². The molecule has 0 radical (unpaired) electrons. The molecule has 2 saturated heterocycles. The van der Waals surface area contributed by atoms with Crippen molar-refractivity contribution < 1.29 is 9.25 Å². The predicted molar refractivity (Wildman–Crippen MR) is 85.3 cm³/mol. The second-order valence-corrected chi connectivity index (χ2v) is 6.38. The average Bonchev–Trinajstić information content (AvgIpc) is 3.24. The standard InChI is InChI=1S/C17H21N3O2/c1-4-5-6-14-12(2)9-15(21-14)16-18-22-17(19(16)3)11-20-8-7-13(17)10-20/h4-6,9,13H,1,7-8,10-11H2,2-3H3/b6-5-. The van der Waals surface area contributed by atoms with Gasteiger partial charge in [0.05, 0.1) is 6.54 Å². The lowest BCUT2D eigenvalue weighted by Gasteiger charge is -2.37. The van der Waals surface area contributed by atoms with E-state index in [1.165, 1.54) is 13.0 Å². The highest BCUT2D eigenvalue weighted by Crippen LogP contribution is 2.44. The number of aryl methyl sites for hydroxylation is 1. The van der Waals surface area contributed by atoms with Crippen LogP contribution in [-0.4, -0.2) is 48.0 Å². The number of allylic oxidation sites excluding steroid dienone is 2. The van der Waals surface area contributed by atoms with Gasteiger partial charge in [-0.2, -0.15) is 0 Å². The maximum atomic E-state index is 5.95. The highest BCUT2D eigenvalue weighted by Gasteiger charge is 2.59. The molecule has 116 valence electrons. The summed E-state index contributed by atoms with van der Waals surface area (Å²) in [5.74, 6) is 2.91. The number of hydrogen-bond donors (Lipinski definition) is 0.